The van der Waals surface area contributed by atoms with Gasteiger partial charge < -0.3 is 9.52 Å². The van der Waals surface area contributed by atoms with Crippen LogP contribution in [0.2, 0.25) is 0 Å². The van der Waals surface area contributed by atoms with Gasteiger partial charge in [0.1, 0.15) is 5.76 Å². The van der Waals surface area contributed by atoms with E-state index in [2.05, 4.69) is 0 Å². The minimum absolute atomic E-state index is 0.129. The minimum Gasteiger partial charge on any atom is -0.469 e. The van der Waals surface area contributed by atoms with Gasteiger partial charge in [0.25, 0.3) is 0 Å². The van der Waals surface area contributed by atoms with Gasteiger partial charge in [0.2, 0.25) is 0 Å². The van der Waals surface area contributed by atoms with E-state index in [0.29, 0.717) is 0 Å². The van der Waals surface area contributed by atoms with Crippen molar-refractivity contribution in [3.8, 4) is 0 Å². The largest absolute Gasteiger partial charge is 0.469 e. The Kier molecular flexibility index (Phi) is 2.29. The Morgan fingerprint density at radius 2 is 2.00 bits per heavy atom. The Labute approximate surface area is 73.2 Å². The van der Waals surface area contributed by atoms with E-state index in [-0.39, 0.29) is 5.41 Å². The van der Waals surface area contributed by atoms with Crippen LogP contribution in [0.4, 0.5) is 0 Å². The molecule has 0 aliphatic rings. The van der Waals surface area contributed by atoms with Crippen LogP contribution in [-0.2, 0) is 0 Å². The van der Waals surface area contributed by atoms with Crippen LogP contribution in [0.1, 0.15) is 38.2 Å². The van der Waals surface area contributed by atoms with Gasteiger partial charge in [-0.25, -0.2) is 0 Å². The molecule has 12 heavy (non-hydrogen) atoms. The normalized spacial score (nSPS) is 14.8. The van der Waals surface area contributed by atoms with Crippen molar-refractivity contribution in [2.75, 3.05) is 0 Å². The van der Waals surface area contributed by atoms with Gasteiger partial charge >= 0.3 is 0 Å². The van der Waals surface area contributed by atoms with Gasteiger partial charge in [0.05, 0.1) is 12.4 Å². The third-order valence-corrected chi connectivity index (χ3v) is 1.89. The van der Waals surface area contributed by atoms with E-state index >= 15 is 0 Å². The summed E-state index contributed by atoms with van der Waals surface area (Å²) in [5.74, 6) is 0.841. The molecule has 1 N–H and O–H groups in total. The van der Waals surface area contributed by atoms with Crippen LogP contribution < -0.4 is 0 Å². The summed E-state index contributed by atoms with van der Waals surface area (Å²) >= 11 is 0. The molecule has 0 saturated carbocycles. The van der Waals surface area contributed by atoms with E-state index in [4.69, 9.17) is 4.42 Å². The maximum absolute atomic E-state index is 9.81. The fourth-order valence-corrected chi connectivity index (χ4v) is 1.11. The highest BCUT2D eigenvalue weighted by Gasteiger charge is 2.24. The predicted molar refractivity (Wildman–Crippen MR) is 47.9 cm³/mol. The van der Waals surface area contributed by atoms with Gasteiger partial charge in [-0.15, -0.1) is 0 Å². The van der Waals surface area contributed by atoms with Crippen molar-refractivity contribution >= 4 is 0 Å². The maximum atomic E-state index is 9.81. The molecule has 1 atom stereocenters. The average molecular weight is 168 g/mol. The smallest absolute Gasteiger partial charge is 0.101 e. The standard InChI is InChI=1S/C10H16O2/c1-7-5-8(6-12-7)9(11)10(2,3)4/h5-6,9,11H,1-4H3. The maximum Gasteiger partial charge on any atom is 0.101 e. The van der Waals surface area contributed by atoms with E-state index in [1.165, 1.54) is 0 Å². The highest BCUT2D eigenvalue weighted by atomic mass is 16.3. The van der Waals surface area contributed by atoms with Crippen LogP contribution in [0.5, 0.6) is 0 Å². The second-order valence-electron chi connectivity index (χ2n) is 4.26. The molecular weight excluding hydrogens is 152 g/mol. The van der Waals surface area contributed by atoms with E-state index in [9.17, 15) is 5.11 Å². The van der Waals surface area contributed by atoms with Gasteiger partial charge in [-0.05, 0) is 18.4 Å². The van der Waals surface area contributed by atoms with E-state index in [1.807, 2.05) is 33.8 Å². The zero-order valence-electron chi connectivity index (χ0n) is 8.09. The number of furan rings is 1. The Morgan fingerprint density at radius 3 is 2.33 bits per heavy atom. The van der Waals surface area contributed by atoms with E-state index in [0.717, 1.165) is 11.3 Å². The highest BCUT2D eigenvalue weighted by Crippen LogP contribution is 2.33. The molecule has 0 saturated heterocycles. The van der Waals surface area contributed by atoms with Crippen LogP contribution in [0, 0.1) is 12.3 Å². The lowest BCUT2D eigenvalue weighted by Gasteiger charge is -2.24. The molecular formula is C10H16O2. The molecule has 0 aromatic carbocycles. The molecule has 2 nitrogen and oxygen atoms in total. The summed E-state index contributed by atoms with van der Waals surface area (Å²) in [7, 11) is 0. The quantitative estimate of drug-likeness (QED) is 0.699. The first-order valence-electron chi connectivity index (χ1n) is 4.14. The molecule has 2 heteroatoms. The number of aliphatic hydroxyl groups is 1. The molecule has 0 fully saturated rings. The van der Waals surface area contributed by atoms with Crippen molar-refractivity contribution in [1.29, 1.82) is 0 Å². The number of aliphatic hydroxyl groups excluding tert-OH is 1. The summed E-state index contributed by atoms with van der Waals surface area (Å²) in [6.07, 6.45) is 1.17. The fraction of sp³-hybridized carbons (Fsp3) is 0.600. The number of aryl methyl sites for hydroxylation is 1. The second-order valence-corrected chi connectivity index (χ2v) is 4.26. The molecule has 1 aromatic heterocycles. The van der Waals surface area contributed by atoms with Crippen molar-refractivity contribution in [2.24, 2.45) is 5.41 Å². The Morgan fingerprint density at radius 1 is 1.42 bits per heavy atom. The summed E-state index contributed by atoms with van der Waals surface area (Å²) in [5.41, 5.74) is 0.732. The lowest BCUT2D eigenvalue weighted by atomic mass is 9.86. The topological polar surface area (TPSA) is 33.4 Å². The number of hydrogen-bond acceptors (Lipinski definition) is 2. The van der Waals surface area contributed by atoms with Crippen molar-refractivity contribution in [3.05, 3.63) is 23.7 Å². The SMILES string of the molecule is Cc1cc(C(O)C(C)(C)C)co1. The fourth-order valence-electron chi connectivity index (χ4n) is 1.11. The summed E-state index contributed by atoms with van der Waals surface area (Å²) in [4.78, 5) is 0. The third kappa shape index (κ3) is 1.89. The van der Waals surface area contributed by atoms with Gasteiger partial charge in [-0.3, -0.25) is 0 Å². The molecule has 0 spiro atoms. The van der Waals surface area contributed by atoms with Crippen LogP contribution in [-0.4, -0.2) is 5.11 Å². The van der Waals surface area contributed by atoms with Gasteiger partial charge in [-0.1, -0.05) is 20.8 Å². The summed E-state index contributed by atoms with van der Waals surface area (Å²) < 4.78 is 5.12. The molecule has 1 unspecified atom stereocenters. The van der Waals surface area contributed by atoms with Crippen molar-refractivity contribution < 1.29 is 9.52 Å². The molecule has 1 heterocycles. The Balaban J connectivity index is 2.85. The van der Waals surface area contributed by atoms with Crippen molar-refractivity contribution in [1.82, 2.24) is 0 Å². The third-order valence-electron chi connectivity index (χ3n) is 1.89. The lowest BCUT2D eigenvalue weighted by Crippen LogP contribution is -2.17. The summed E-state index contributed by atoms with van der Waals surface area (Å²) in [5, 5.41) is 9.81. The highest BCUT2D eigenvalue weighted by molar-refractivity contribution is 5.16. The molecule has 0 amide bonds. The van der Waals surface area contributed by atoms with Gasteiger partial charge in [0.15, 0.2) is 0 Å². The molecule has 0 radical (unpaired) electrons. The second kappa shape index (κ2) is 2.94. The average Bonchev–Trinajstić information content (AvgIpc) is 2.32. The molecule has 68 valence electrons. The first-order valence-corrected chi connectivity index (χ1v) is 4.14. The molecule has 0 bridgehead atoms. The van der Waals surface area contributed by atoms with E-state index in [1.54, 1.807) is 6.26 Å². The molecule has 0 aliphatic heterocycles. The summed E-state index contributed by atoms with van der Waals surface area (Å²) in [6, 6.07) is 1.87. The lowest BCUT2D eigenvalue weighted by molar-refractivity contribution is 0.0621. The van der Waals surface area contributed by atoms with Gasteiger partial charge in [-0.2, -0.15) is 0 Å². The van der Waals surface area contributed by atoms with E-state index < -0.39 is 6.10 Å². The molecule has 1 aromatic rings. The van der Waals surface area contributed by atoms with Crippen molar-refractivity contribution in [3.63, 3.8) is 0 Å². The zero-order valence-corrected chi connectivity index (χ0v) is 8.09. The monoisotopic (exact) mass is 168 g/mol. The zero-order chi connectivity index (χ0) is 9.35. The minimum atomic E-state index is -0.449. The predicted octanol–water partition coefficient (Wildman–Crippen LogP) is 2.67. The van der Waals surface area contributed by atoms with Crippen molar-refractivity contribution in [2.45, 2.75) is 33.8 Å². The van der Waals surface area contributed by atoms with Crippen LogP contribution >= 0.6 is 0 Å². The first kappa shape index (κ1) is 9.33. The van der Waals surface area contributed by atoms with Crippen LogP contribution in [0.15, 0.2) is 16.7 Å². The first-order chi connectivity index (χ1) is 5.41. The molecule has 1 rings (SSSR count). The Bertz CT molecular complexity index is 255. The van der Waals surface area contributed by atoms with Crippen LogP contribution in [0.25, 0.3) is 0 Å². The van der Waals surface area contributed by atoms with Crippen LogP contribution in [0.3, 0.4) is 0 Å². The molecule has 0 aliphatic carbocycles. The summed E-state index contributed by atoms with van der Waals surface area (Å²) in [6.45, 7) is 7.87. The number of hydrogen-bond donors (Lipinski definition) is 1. The number of rotatable bonds is 1. The van der Waals surface area contributed by atoms with Gasteiger partial charge in [0, 0.05) is 5.56 Å². The Hall–Kier alpha value is -0.760.